The van der Waals surface area contributed by atoms with Crippen LogP contribution in [0, 0.1) is 6.92 Å². The lowest BCUT2D eigenvalue weighted by Crippen LogP contribution is -2.14. The maximum atomic E-state index is 11.8. The first kappa shape index (κ1) is 17.9. The summed E-state index contributed by atoms with van der Waals surface area (Å²) in [6, 6.07) is 3.50. The number of pyridine rings is 1. The van der Waals surface area contributed by atoms with Crippen LogP contribution in [0.4, 0.5) is 0 Å². The number of carbonyl (C=O) groups excluding carboxylic acids is 1. The van der Waals surface area contributed by atoms with Crippen LogP contribution in [0.15, 0.2) is 22.7 Å². The van der Waals surface area contributed by atoms with E-state index in [1.165, 1.54) is 0 Å². The zero-order chi connectivity index (χ0) is 20.0. The summed E-state index contributed by atoms with van der Waals surface area (Å²) in [5.41, 5.74) is 14.7. The van der Waals surface area contributed by atoms with Gasteiger partial charge in [0.25, 0.3) is 5.91 Å². The molecule has 0 saturated heterocycles. The quantitative estimate of drug-likeness (QED) is 0.532. The Bertz CT molecular complexity index is 1200. The third-order valence-corrected chi connectivity index (χ3v) is 4.53. The molecule has 0 aliphatic heterocycles. The molecule has 28 heavy (non-hydrogen) atoms. The summed E-state index contributed by atoms with van der Waals surface area (Å²) in [4.78, 5) is 20.8. The van der Waals surface area contributed by atoms with E-state index < -0.39 is 5.91 Å². The highest BCUT2D eigenvalue weighted by molar-refractivity contribution is 5.99. The van der Waals surface area contributed by atoms with Gasteiger partial charge in [-0.15, -0.1) is 0 Å². The van der Waals surface area contributed by atoms with Gasteiger partial charge in [0.15, 0.2) is 0 Å². The van der Waals surface area contributed by atoms with E-state index >= 15 is 0 Å². The molecule has 10 heteroatoms. The van der Waals surface area contributed by atoms with Gasteiger partial charge in [-0.25, -0.2) is 9.97 Å². The predicted molar refractivity (Wildman–Crippen MR) is 102 cm³/mol. The van der Waals surface area contributed by atoms with Crippen LogP contribution in [0.5, 0.6) is 0 Å². The van der Waals surface area contributed by atoms with Gasteiger partial charge in [-0.2, -0.15) is 10.2 Å². The number of rotatable bonds is 5. The second kappa shape index (κ2) is 6.57. The molecule has 0 aliphatic carbocycles. The van der Waals surface area contributed by atoms with E-state index in [4.69, 9.17) is 15.9 Å². The van der Waals surface area contributed by atoms with Crippen LogP contribution in [-0.2, 0) is 20.1 Å². The lowest BCUT2D eigenvalue weighted by molar-refractivity contribution is 0.0996. The molecule has 0 atom stereocenters. The van der Waals surface area contributed by atoms with Crippen LogP contribution in [0.3, 0.4) is 0 Å². The lowest BCUT2D eigenvalue weighted by atomic mass is 10.1. The summed E-state index contributed by atoms with van der Waals surface area (Å²) >= 11 is 0. The minimum atomic E-state index is -0.637. The van der Waals surface area contributed by atoms with Crippen molar-refractivity contribution in [2.45, 2.75) is 26.9 Å². The molecule has 4 rings (SSSR count). The van der Waals surface area contributed by atoms with Gasteiger partial charge in [0.05, 0.1) is 24.0 Å². The number of hydrogen-bond acceptors (Lipinski definition) is 7. The van der Waals surface area contributed by atoms with E-state index in [0.717, 1.165) is 16.8 Å². The van der Waals surface area contributed by atoms with Crippen molar-refractivity contribution in [3.8, 4) is 23.0 Å². The number of amides is 1. The van der Waals surface area contributed by atoms with E-state index in [1.54, 1.807) is 28.7 Å². The van der Waals surface area contributed by atoms with E-state index in [1.807, 2.05) is 19.9 Å². The van der Waals surface area contributed by atoms with Crippen LogP contribution in [0.25, 0.3) is 33.9 Å². The van der Waals surface area contributed by atoms with Gasteiger partial charge >= 0.3 is 0 Å². The summed E-state index contributed by atoms with van der Waals surface area (Å²) in [6.45, 7) is 4.67. The largest absolute Gasteiger partial charge is 0.438 e. The molecule has 0 saturated carbocycles. The average molecular weight is 380 g/mol. The fraction of sp³-hybridized carbons (Fsp3) is 0.278. The molecule has 10 nitrogen and oxygen atoms in total. The molecule has 0 fully saturated rings. The van der Waals surface area contributed by atoms with E-state index in [9.17, 15) is 4.79 Å². The third kappa shape index (κ3) is 2.74. The number of primary amides is 1. The Labute approximate surface area is 160 Å². The van der Waals surface area contributed by atoms with E-state index in [0.29, 0.717) is 35.1 Å². The van der Waals surface area contributed by atoms with Crippen molar-refractivity contribution in [1.82, 2.24) is 29.5 Å². The lowest BCUT2D eigenvalue weighted by Gasteiger charge is -2.04. The Kier molecular flexibility index (Phi) is 4.19. The minimum Gasteiger partial charge on any atom is -0.438 e. The molecule has 0 unspecified atom stereocenters. The highest BCUT2D eigenvalue weighted by Gasteiger charge is 2.23. The maximum absolute atomic E-state index is 11.8. The van der Waals surface area contributed by atoms with E-state index in [2.05, 4.69) is 20.2 Å². The number of aromatic nitrogens is 6. The number of oxazole rings is 1. The van der Waals surface area contributed by atoms with Crippen molar-refractivity contribution in [3.63, 3.8) is 0 Å². The molecule has 4 N–H and O–H groups in total. The zero-order valence-corrected chi connectivity index (χ0v) is 15.8. The second-order valence-electron chi connectivity index (χ2n) is 6.40. The standard InChI is InChI=1S/C18H20N8O2/c1-4-26-13(5-9(2)24-26)18-23-16(14(7-19)28-18)15-10-8-21-25(3)12(10)6-11(22-15)17(20)27/h5-6,8H,4,7,19H2,1-3H3,(H2,20,27). The van der Waals surface area contributed by atoms with Crippen LogP contribution >= 0.6 is 0 Å². The Morgan fingerprint density at radius 2 is 2.04 bits per heavy atom. The van der Waals surface area contributed by atoms with Gasteiger partial charge in [-0.05, 0) is 26.0 Å². The topological polar surface area (TPSA) is 144 Å². The molecule has 4 heterocycles. The highest BCUT2D eigenvalue weighted by atomic mass is 16.4. The summed E-state index contributed by atoms with van der Waals surface area (Å²) in [5.74, 6) is 0.207. The normalized spacial score (nSPS) is 11.4. The molecule has 4 aromatic rings. The van der Waals surface area contributed by atoms with Gasteiger partial charge in [-0.3, -0.25) is 14.2 Å². The number of carbonyl (C=O) groups is 1. The molecule has 144 valence electrons. The van der Waals surface area contributed by atoms with Crippen molar-refractivity contribution in [1.29, 1.82) is 0 Å². The van der Waals surface area contributed by atoms with Gasteiger partial charge in [-0.1, -0.05) is 0 Å². The van der Waals surface area contributed by atoms with E-state index in [-0.39, 0.29) is 12.2 Å². The van der Waals surface area contributed by atoms with Crippen LogP contribution < -0.4 is 11.5 Å². The van der Waals surface area contributed by atoms with Crippen LogP contribution in [0.1, 0.15) is 28.9 Å². The molecule has 0 aliphatic rings. The second-order valence-corrected chi connectivity index (χ2v) is 6.40. The predicted octanol–water partition coefficient (Wildman–Crippen LogP) is 1.37. The van der Waals surface area contributed by atoms with Gasteiger partial charge in [0.2, 0.25) is 5.89 Å². The fourth-order valence-corrected chi connectivity index (χ4v) is 3.19. The minimum absolute atomic E-state index is 0.117. The maximum Gasteiger partial charge on any atom is 0.267 e. The number of nitrogens with zero attached hydrogens (tertiary/aromatic N) is 6. The Morgan fingerprint density at radius 1 is 1.25 bits per heavy atom. The van der Waals surface area contributed by atoms with Crippen LogP contribution in [0.2, 0.25) is 0 Å². The number of fused-ring (bicyclic) bond motifs is 1. The molecule has 0 radical (unpaired) electrons. The van der Waals surface area contributed by atoms with Crippen molar-refractivity contribution in [3.05, 3.63) is 35.5 Å². The average Bonchev–Trinajstić information content (AvgIpc) is 3.37. The summed E-state index contributed by atoms with van der Waals surface area (Å²) < 4.78 is 9.38. The zero-order valence-electron chi connectivity index (χ0n) is 15.8. The van der Waals surface area contributed by atoms with Crippen molar-refractivity contribution < 1.29 is 9.21 Å². The molecule has 1 amide bonds. The van der Waals surface area contributed by atoms with Gasteiger partial charge < -0.3 is 15.9 Å². The summed E-state index contributed by atoms with van der Waals surface area (Å²) in [5, 5.41) is 9.41. The summed E-state index contributed by atoms with van der Waals surface area (Å²) in [6.07, 6.45) is 1.66. The first-order valence-electron chi connectivity index (χ1n) is 8.80. The van der Waals surface area contributed by atoms with Gasteiger partial charge in [0.1, 0.15) is 28.5 Å². The Balaban J connectivity index is 1.97. The summed E-state index contributed by atoms with van der Waals surface area (Å²) in [7, 11) is 1.78. The van der Waals surface area contributed by atoms with Crippen molar-refractivity contribution in [2.75, 3.05) is 0 Å². The smallest absolute Gasteiger partial charge is 0.267 e. The molecule has 0 spiro atoms. The molecular weight excluding hydrogens is 360 g/mol. The SMILES string of the molecule is CCn1nc(C)cc1-c1nc(-c2nc(C(N)=O)cc3c2cnn3C)c(CN)o1. The first-order valence-corrected chi connectivity index (χ1v) is 8.80. The number of nitrogens with two attached hydrogens (primary N) is 2. The van der Waals surface area contributed by atoms with Crippen LogP contribution in [-0.4, -0.2) is 35.4 Å². The van der Waals surface area contributed by atoms with Crippen molar-refractivity contribution >= 4 is 16.8 Å². The molecule has 0 aromatic carbocycles. The Morgan fingerprint density at radius 3 is 2.71 bits per heavy atom. The third-order valence-electron chi connectivity index (χ3n) is 4.53. The van der Waals surface area contributed by atoms with Crippen molar-refractivity contribution in [2.24, 2.45) is 18.5 Å². The fourth-order valence-electron chi connectivity index (χ4n) is 3.19. The molecule has 4 aromatic heterocycles. The van der Waals surface area contributed by atoms with Gasteiger partial charge in [0, 0.05) is 19.0 Å². The highest BCUT2D eigenvalue weighted by Crippen LogP contribution is 2.32. The first-order chi connectivity index (χ1) is 13.4. The molecule has 0 bridgehead atoms. The Hall–Kier alpha value is -3.53. The molecular formula is C18H20N8O2. The number of hydrogen-bond donors (Lipinski definition) is 2. The number of aryl methyl sites for hydroxylation is 3. The monoisotopic (exact) mass is 380 g/mol.